The molecule has 0 bridgehead atoms. The van der Waals surface area contributed by atoms with Crippen LogP contribution < -0.4 is 5.32 Å². The lowest BCUT2D eigenvalue weighted by molar-refractivity contribution is -0.120. The normalized spacial score (nSPS) is 11.2. The first kappa shape index (κ1) is 22.3. The van der Waals surface area contributed by atoms with Gasteiger partial charge in [-0.05, 0) is 19.9 Å². The molecule has 1 amide bonds. The maximum atomic E-state index is 13.0. The number of halogens is 3. The molecule has 0 fully saturated rings. The third-order valence-electron chi connectivity index (χ3n) is 3.64. The fourth-order valence-corrected chi connectivity index (χ4v) is 2.73. The summed E-state index contributed by atoms with van der Waals surface area (Å²) in [6, 6.07) is 1.63. The zero-order valence-corrected chi connectivity index (χ0v) is 16.9. The van der Waals surface area contributed by atoms with Gasteiger partial charge >= 0.3 is 0 Å². The van der Waals surface area contributed by atoms with Gasteiger partial charge in [-0.1, -0.05) is 22.7 Å². The molecule has 0 aliphatic rings. The number of pyridine rings is 1. The van der Waals surface area contributed by atoms with E-state index in [4.69, 9.17) is 16.4 Å². The first-order chi connectivity index (χ1) is 13.8. The van der Waals surface area contributed by atoms with Crippen molar-refractivity contribution < 1.29 is 18.4 Å². The highest BCUT2D eigenvalue weighted by Gasteiger charge is 2.20. The Hall–Kier alpha value is -2.99. The van der Waals surface area contributed by atoms with E-state index in [0.717, 1.165) is 0 Å². The van der Waals surface area contributed by atoms with Crippen molar-refractivity contribution in [3.63, 3.8) is 0 Å². The number of aromatic nitrogens is 3. The highest BCUT2D eigenvalue weighted by Crippen LogP contribution is 2.21. The number of rotatable bonds is 8. The number of oxime groups is 1. The van der Waals surface area contributed by atoms with Crippen LogP contribution >= 0.6 is 11.6 Å². The van der Waals surface area contributed by atoms with E-state index in [-0.39, 0.29) is 18.5 Å². The Bertz CT molecular complexity index is 963. The van der Waals surface area contributed by atoms with Crippen LogP contribution in [0.2, 0.25) is 5.02 Å². The lowest BCUT2D eigenvalue weighted by Gasteiger charge is -2.10. The van der Waals surface area contributed by atoms with Crippen LogP contribution in [0.15, 0.2) is 23.6 Å². The maximum Gasteiger partial charge on any atom is 0.282 e. The molecule has 2 aromatic rings. The van der Waals surface area contributed by atoms with Gasteiger partial charge in [0.25, 0.3) is 6.43 Å². The summed E-state index contributed by atoms with van der Waals surface area (Å²) in [5.74, 6) is 5.12. The van der Waals surface area contributed by atoms with Crippen LogP contribution in [-0.4, -0.2) is 39.5 Å². The lowest BCUT2D eigenvalue weighted by atomic mass is 10.1. The third-order valence-corrected chi connectivity index (χ3v) is 3.92. The first-order valence-electron chi connectivity index (χ1n) is 8.70. The second-order valence-electron chi connectivity index (χ2n) is 5.85. The number of alkyl halides is 2. The summed E-state index contributed by atoms with van der Waals surface area (Å²) in [5, 5.41) is 10.6. The van der Waals surface area contributed by atoms with Crippen LogP contribution in [0.5, 0.6) is 0 Å². The van der Waals surface area contributed by atoms with Gasteiger partial charge in [-0.2, -0.15) is 5.10 Å². The average Bonchev–Trinajstić information content (AvgIpc) is 3.03. The number of carbonyl (C=O) groups is 1. The lowest BCUT2D eigenvalue weighted by Crippen LogP contribution is -2.32. The predicted molar refractivity (Wildman–Crippen MR) is 105 cm³/mol. The second kappa shape index (κ2) is 10.5. The molecule has 7 nitrogen and oxygen atoms in total. The van der Waals surface area contributed by atoms with E-state index < -0.39 is 18.0 Å². The van der Waals surface area contributed by atoms with Crippen molar-refractivity contribution in [2.45, 2.75) is 26.7 Å². The van der Waals surface area contributed by atoms with Gasteiger partial charge in [-0.15, -0.1) is 5.92 Å². The van der Waals surface area contributed by atoms with Gasteiger partial charge in [0.05, 0.1) is 18.0 Å². The molecule has 0 radical (unpaired) electrons. The van der Waals surface area contributed by atoms with E-state index in [9.17, 15) is 13.6 Å². The van der Waals surface area contributed by atoms with E-state index in [1.165, 1.54) is 24.1 Å². The second-order valence-corrected chi connectivity index (χ2v) is 6.26. The summed E-state index contributed by atoms with van der Waals surface area (Å²) in [6.45, 7) is 3.71. The third kappa shape index (κ3) is 6.26. The molecule has 0 unspecified atom stereocenters. The maximum absolute atomic E-state index is 13.0. The van der Waals surface area contributed by atoms with Crippen molar-refractivity contribution in [1.29, 1.82) is 0 Å². The molecule has 2 heterocycles. The first-order valence-corrected chi connectivity index (χ1v) is 9.08. The number of hydrogen-bond donors (Lipinski definition) is 1. The van der Waals surface area contributed by atoms with Crippen molar-refractivity contribution in [3.8, 4) is 11.8 Å². The van der Waals surface area contributed by atoms with Crippen LogP contribution in [-0.2, 0) is 23.1 Å². The molecule has 0 saturated heterocycles. The minimum atomic E-state index is -2.76. The van der Waals surface area contributed by atoms with Crippen molar-refractivity contribution in [1.82, 2.24) is 20.1 Å². The summed E-state index contributed by atoms with van der Waals surface area (Å²) in [6.07, 6.45) is -0.0863. The van der Waals surface area contributed by atoms with Gasteiger partial charge in [0.15, 0.2) is 0 Å². The SMILES string of the molecule is CC#Cc1cnc(/C(CNC(=O)Cc2cn(C)nc2C(F)F)=N/OCC)c(Cl)c1. The number of nitrogens with zero attached hydrogens (tertiary/aromatic N) is 4. The van der Waals surface area contributed by atoms with Gasteiger partial charge < -0.3 is 10.2 Å². The molecule has 29 heavy (non-hydrogen) atoms. The van der Waals surface area contributed by atoms with Gasteiger partial charge in [0.1, 0.15) is 23.7 Å². The van der Waals surface area contributed by atoms with Crippen LogP contribution in [0.4, 0.5) is 8.78 Å². The Kier molecular flexibility index (Phi) is 8.09. The Morgan fingerprint density at radius 2 is 2.24 bits per heavy atom. The molecule has 10 heteroatoms. The van der Waals surface area contributed by atoms with E-state index >= 15 is 0 Å². The molecule has 0 aliphatic carbocycles. The molecule has 1 N–H and O–H groups in total. The van der Waals surface area contributed by atoms with E-state index in [1.54, 1.807) is 19.9 Å². The summed E-state index contributed by atoms with van der Waals surface area (Å²) < 4.78 is 27.3. The van der Waals surface area contributed by atoms with Gasteiger partial charge in [-0.3, -0.25) is 14.5 Å². The minimum absolute atomic E-state index is 0.0470. The molecule has 0 aliphatic heterocycles. The van der Waals surface area contributed by atoms with Crippen molar-refractivity contribution in [2.75, 3.05) is 13.2 Å². The van der Waals surface area contributed by atoms with Crippen LogP contribution in [0.1, 0.15) is 42.8 Å². The molecule has 0 spiro atoms. The van der Waals surface area contributed by atoms with Crippen LogP contribution in [0.3, 0.4) is 0 Å². The van der Waals surface area contributed by atoms with Crippen molar-refractivity contribution >= 4 is 23.2 Å². The predicted octanol–water partition coefficient (Wildman–Crippen LogP) is 2.88. The number of nitrogens with one attached hydrogen (secondary N) is 1. The summed E-state index contributed by atoms with van der Waals surface area (Å²) in [5.41, 5.74) is 1.00. The van der Waals surface area contributed by atoms with E-state index in [0.29, 0.717) is 28.6 Å². The monoisotopic (exact) mass is 423 g/mol. The molecular weight excluding hydrogens is 404 g/mol. The molecular formula is C19H20ClF2N5O2. The summed E-state index contributed by atoms with van der Waals surface area (Å²) >= 11 is 6.27. The fraction of sp³-hybridized carbons (Fsp3) is 0.368. The Morgan fingerprint density at radius 3 is 2.86 bits per heavy atom. The van der Waals surface area contributed by atoms with Crippen LogP contribution in [0, 0.1) is 11.8 Å². The number of aryl methyl sites for hydroxylation is 1. The molecule has 0 atom stereocenters. The highest BCUT2D eigenvalue weighted by molar-refractivity contribution is 6.34. The van der Waals surface area contributed by atoms with E-state index in [2.05, 4.69) is 32.4 Å². The topological polar surface area (TPSA) is 81.4 Å². The Labute approximate surface area is 172 Å². The van der Waals surface area contributed by atoms with Gasteiger partial charge in [0, 0.05) is 30.6 Å². The molecule has 2 aromatic heterocycles. The fourth-order valence-electron chi connectivity index (χ4n) is 2.46. The Balaban J connectivity index is 2.13. The molecule has 0 saturated carbocycles. The number of carbonyl (C=O) groups excluding carboxylic acids is 1. The van der Waals surface area contributed by atoms with Crippen molar-refractivity contribution in [3.05, 3.63) is 46.0 Å². The molecule has 0 aromatic carbocycles. The summed E-state index contributed by atoms with van der Waals surface area (Å²) in [7, 11) is 1.51. The smallest absolute Gasteiger partial charge is 0.282 e. The molecule has 2 rings (SSSR count). The minimum Gasteiger partial charge on any atom is -0.396 e. The summed E-state index contributed by atoms with van der Waals surface area (Å²) in [4.78, 5) is 21.6. The van der Waals surface area contributed by atoms with E-state index in [1.807, 2.05) is 0 Å². The average molecular weight is 424 g/mol. The highest BCUT2D eigenvalue weighted by atomic mass is 35.5. The quantitative estimate of drug-likeness (QED) is 0.402. The van der Waals surface area contributed by atoms with Gasteiger partial charge in [0.2, 0.25) is 5.91 Å². The standard InChI is InChI=1S/C19H20ClF2N5O2/c1-4-6-12-7-14(20)18(24-9-12)15(26-29-5-2)10-23-16(28)8-13-11-27(3)25-17(13)19(21)22/h7,9,11,19H,5,8,10H2,1-3H3,(H,23,28)/b26-15+. The Morgan fingerprint density at radius 1 is 1.48 bits per heavy atom. The molecule has 154 valence electrons. The van der Waals surface area contributed by atoms with Gasteiger partial charge in [-0.25, -0.2) is 8.78 Å². The zero-order chi connectivity index (χ0) is 21.4. The zero-order valence-electron chi connectivity index (χ0n) is 16.2. The van der Waals surface area contributed by atoms with Crippen molar-refractivity contribution in [2.24, 2.45) is 12.2 Å². The largest absolute Gasteiger partial charge is 0.396 e. The number of amides is 1. The number of hydrogen-bond acceptors (Lipinski definition) is 5. The van der Waals surface area contributed by atoms with Crippen LogP contribution in [0.25, 0.3) is 0 Å².